The van der Waals surface area contributed by atoms with E-state index in [2.05, 4.69) is 33.4 Å². The Morgan fingerprint density at radius 1 is 0.973 bits per heavy atom. The zero-order chi connectivity index (χ0) is 26.5. The van der Waals surface area contributed by atoms with Crippen LogP contribution in [0.1, 0.15) is 56.9 Å². The standard InChI is InChI=1S/C27H40N6O4/c1-17(28-2)24(34)31-22-16-32(27(37)29-3)15-14-19-12-13-23(33(19)26(22)36)25(35)30-21-11-7-10-20(21)18-8-5-4-6-9-18/h4-6,8-9,17,19-23,28H,7,10-16H2,1-3H3,(H,29,37)(H,30,35)(H,31,34)/t17-,19+,20-,21+,22-,23-/m0/s1. The minimum Gasteiger partial charge on any atom is -0.351 e. The Kier molecular flexibility index (Phi) is 8.68. The maximum atomic E-state index is 13.9. The van der Waals surface area contributed by atoms with Gasteiger partial charge in [0.1, 0.15) is 12.1 Å². The summed E-state index contributed by atoms with van der Waals surface area (Å²) < 4.78 is 0. The molecule has 0 aromatic heterocycles. The van der Waals surface area contributed by atoms with Gasteiger partial charge in [-0.15, -0.1) is 0 Å². The highest BCUT2D eigenvalue weighted by molar-refractivity contribution is 5.94. The van der Waals surface area contributed by atoms with Crippen molar-refractivity contribution in [2.45, 2.75) is 81.6 Å². The lowest BCUT2D eigenvalue weighted by Crippen LogP contribution is -2.63. The highest BCUT2D eigenvalue weighted by Gasteiger charge is 2.46. The lowest BCUT2D eigenvalue weighted by atomic mass is 9.94. The third kappa shape index (κ3) is 5.89. The summed E-state index contributed by atoms with van der Waals surface area (Å²) in [6, 6.07) is 7.84. The van der Waals surface area contributed by atoms with Crippen LogP contribution >= 0.6 is 0 Å². The molecule has 0 spiro atoms. The normalized spacial score (nSPS) is 28.6. The molecule has 5 amide bonds. The maximum Gasteiger partial charge on any atom is 0.317 e. The third-order valence-electron chi connectivity index (χ3n) is 8.21. The number of nitrogens with zero attached hydrogens (tertiary/aromatic N) is 2. The van der Waals surface area contributed by atoms with Crippen LogP contribution in [0.2, 0.25) is 0 Å². The molecule has 1 aromatic rings. The molecule has 1 saturated carbocycles. The molecule has 4 rings (SSSR count). The largest absolute Gasteiger partial charge is 0.351 e. The fourth-order valence-corrected chi connectivity index (χ4v) is 6.02. The van der Waals surface area contributed by atoms with Crippen molar-refractivity contribution in [2.75, 3.05) is 27.2 Å². The van der Waals surface area contributed by atoms with Crippen molar-refractivity contribution in [1.82, 2.24) is 31.1 Å². The molecule has 1 aliphatic carbocycles. The third-order valence-corrected chi connectivity index (χ3v) is 8.21. The van der Waals surface area contributed by atoms with E-state index in [4.69, 9.17) is 0 Å². The Balaban J connectivity index is 1.52. The van der Waals surface area contributed by atoms with Crippen LogP contribution in [0.3, 0.4) is 0 Å². The number of fused-ring (bicyclic) bond motifs is 1. The summed E-state index contributed by atoms with van der Waals surface area (Å²) >= 11 is 0. The second kappa shape index (κ2) is 11.9. The first-order valence-electron chi connectivity index (χ1n) is 13.5. The van der Waals surface area contributed by atoms with Crippen molar-refractivity contribution < 1.29 is 19.2 Å². The molecule has 0 bridgehead atoms. The second-order valence-corrected chi connectivity index (χ2v) is 10.4. The predicted molar refractivity (Wildman–Crippen MR) is 140 cm³/mol. The van der Waals surface area contributed by atoms with Crippen LogP contribution < -0.4 is 21.3 Å². The van der Waals surface area contributed by atoms with Crippen LogP contribution in [-0.4, -0.2) is 90.9 Å². The zero-order valence-corrected chi connectivity index (χ0v) is 22.0. The van der Waals surface area contributed by atoms with Gasteiger partial charge in [0.15, 0.2) is 0 Å². The Bertz CT molecular complexity index is 988. The molecule has 202 valence electrons. The quantitative estimate of drug-likeness (QED) is 0.452. The Morgan fingerprint density at radius 2 is 1.73 bits per heavy atom. The van der Waals surface area contributed by atoms with Gasteiger partial charge in [0, 0.05) is 31.6 Å². The monoisotopic (exact) mass is 512 g/mol. The summed E-state index contributed by atoms with van der Waals surface area (Å²) in [5.41, 5.74) is 1.23. The minimum atomic E-state index is -0.930. The van der Waals surface area contributed by atoms with Crippen molar-refractivity contribution in [3.63, 3.8) is 0 Å². The SMILES string of the molecule is CNC(=O)N1CC[C@H]2CC[C@@H](C(=O)N[C@@H]3CCC[C@H]3c3ccccc3)N2C(=O)[C@@H](NC(=O)[C@H](C)NC)C1. The molecule has 10 heteroatoms. The van der Waals surface area contributed by atoms with E-state index >= 15 is 0 Å². The number of hydrogen-bond donors (Lipinski definition) is 4. The molecule has 37 heavy (non-hydrogen) atoms. The minimum absolute atomic E-state index is 0.0366. The lowest BCUT2D eigenvalue weighted by Gasteiger charge is -2.39. The van der Waals surface area contributed by atoms with Gasteiger partial charge in [0.25, 0.3) is 0 Å². The summed E-state index contributed by atoms with van der Waals surface area (Å²) in [4.78, 5) is 55.9. The Morgan fingerprint density at radius 3 is 2.43 bits per heavy atom. The number of rotatable bonds is 6. The van der Waals surface area contributed by atoms with Crippen molar-refractivity contribution in [1.29, 1.82) is 0 Å². The smallest absolute Gasteiger partial charge is 0.317 e. The van der Waals surface area contributed by atoms with Crippen LogP contribution in [0.15, 0.2) is 30.3 Å². The first kappa shape index (κ1) is 26.9. The van der Waals surface area contributed by atoms with E-state index in [0.29, 0.717) is 25.8 Å². The van der Waals surface area contributed by atoms with E-state index in [9.17, 15) is 19.2 Å². The highest BCUT2D eigenvalue weighted by atomic mass is 16.2. The summed E-state index contributed by atoms with van der Waals surface area (Å²) in [6.07, 6.45) is 4.83. The lowest BCUT2D eigenvalue weighted by molar-refractivity contribution is -0.145. The molecule has 0 radical (unpaired) electrons. The van der Waals surface area contributed by atoms with Gasteiger partial charge in [0.2, 0.25) is 17.7 Å². The molecule has 4 N–H and O–H groups in total. The van der Waals surface area contributed by atoms with E-state index in [1.807, 2.05) is 18.2 Å². The average Bonchev–Trinajstić information content (AvgIpc) is 3.55. The van der Waals surface area contributed by atoms with E-state index in [1.165, 1.54) is 5.56 Å². The van der Waals surface area contributed by atoms with Gasteiger partial charge in [-0.3, -0.25) is 14.4 Å². The van der Waals surface area contributed by atoms with E-state index in [-0.39, 0.29) is 48.3 Å². The van der Waals surface area contributed by atoms with Crippen molar-refractivity contribution in [3.8, 4) is 0 Å². The number of carbonyl (C=O) groups is 4. The van der Waals surface area contributed by atoms with Crippen molar-refractivity contribution in [2.24, 2.45) is 0 Å². The van der Waals surface area contributed by atoms with Crippen molar-refractivity contribution in [3.05, 3.63) is 35.9 Å². The summed E-state index contributed by atoms with van der Waals surface area (Å²) in [5, 5.41) is 11.6. The number of hydrogen-bond acceptors (Lipinski definition) is 5. The predicted octanol–water partition coefficient (Wildman–Crippen LogP) is 0.936. The number of carbonyl (C=O) groups excluding carboxylic acids is 4. The first-order chi connectivity index (χ1) is 17.8. The molecule has 0 unspecified atom stereocenters. The topological polar surface area (TPSA) is 123 Å². The van der Waals surface area contributed by atoms with E-state index in [1.54, 1.807) is 30.8 Å². The molecule has 10 nitrogen and oxygen atoms in total. The molecule has 2 heterocycles. The number of amides is 5. The Labute approximate surface area is 218 Å². The van der Waals surface area contributed by atoms with E-state index < -0.39 is 18.1 Å². The molecule has 6 atom stereocenters. The van der Waals surface area contributed by atoms with Crippen LogP contribution in [0.4, 0.5) is 4.79 Å². The zero-order valence-electron chi connectivity index (χ0n) is 22.0. The summed E-state index contributed by atoms with van der Waals surface area (Å²) in [7, 11) is 3.22. The summed E-state index contributed by atoms with van der Waals surface area (Å²) in [5.74, 6) is -0.492. The van der Waals surface area contributed by atoms with Gasteiger partial charge >= 0.3 is 6.03 Å². The van der Waals surface area contributed by atoms with Gasteiger partial charge in [0.05, 0.1) is 12.6 Å². The number of urea groups is 1. The van der Waals surface area contributed by atoms with Gasteiger partial charge in [-0.25, -0.2) is 4.79 Å². The molecular weight excluding hydrogens is 472 g/mol. The summed E-state index contributed by atoms with van der Waals surface area (Å²) in [6.45, 7) is 2.20. The molecule has 2 saturated heterocycles. The fourth-order valence-electron chi connectivity index (χ4n) is 6.02. The Hall–Kier alpha value is -3.14. The van der Waals surface area contributed by atoms with Gasteiger partial charge < -0.3 is 31.1 Å². The molecule has 3 aliphatic rings. The van der Waals surface area contributed by atoms with Crippen LogP contribution in [0.5, 0.6) is 0 Å². The molecule has 2 aliphatic heterocycles. The van der Waals surface area contributed by atoms with Crippen LogP contribution in [0.25, 0.3) is 0 Å². The average molecular weight is 513 g/mol. The molecular formula is C27H40N6O4. The molecule has 3 fully saturated rings. The van der Waals surface area contributed by atoms with Gasteiger partial charge in [-0.2, -0.15) is 0 Å². The van der Waals surface area contributed by atoms with Gasteiger partial charge in [-0.1, -0.05) is 36.8 Å². The van der Waals surface area contributed by atoms with Crippen LogP contribution in [0, 0.1) is 0 Å². The molecule has 1 aromatic carbocycles. The fraction of sp³-hybridized carbons (Fsp3) is 0.630. The maximum absolute atomic E-state index is 13.9. The second-order valence-electron chi connectivity index (χ2n) is 10.4. The highest BCUT2D eigenvalue weighted by Crippen LogP contribution is 2.35. The van der Waals surface area contributed by atoms with E-state index in [0.717, 1.165) is 19.3 Å². The number of likely N-dealkylation sites (N-methyl/N-ethyl adjacent to an activating group) is 1. The first-order valence-corrected chi connectivity index (χ1v) is 13.5. The number of nitrogens with one attached hydrogen (secondary N) is 4. The number of benzene rings is 1. The van der Waals surface area contributed by atoms with Gasteiger partial charge in [-0.05, 0) is 51.6 Å². The van der Waals surface area contributed by atoms with Crippen LogP contribution in [-0.2, 0) is 14.4 Å². The van der Waals surface area contributed by atoms with Crippen molar-refractivity contribution >= 4 is 23.8 Å².